The van der Waals surface area contributed by atoms with Gasteiger partial charge in [-0.3, -0.25) is 4.79 Å². The number of amides is 1. The Morgan fingerprint density at radius 2 is 2.12 bits per heavy atom. The lowest BCUT2D eigenvalue weighted by molar-refractivity contribution is -0.121. The van der Waals surface area contributed by atoms with Gasteiger partial charge in [-0.05, 0) is 50.4 Å². The summed E-state index contributed by atoms with van der Waals surface area (Å²) in [6.07, 6.45) is 3.03. The number of nitrogens with one attached hydrogen (secondary N) is 2. The molecule has 134 valence electrons. The van der Waals surface area contributed by atoms with E-state index in [0.29, 0.717) is 23.2 Å². The van der Waals surface area contributed by atoms with Crippen LogP contribution in [0.1, 0.15) is 31.1 Å². The third-order valence-electron chi connectivity index (χ3n) is 4.76. The average molecular weight is 372 g/mol. The van der Waals surface area contributed by atoms with E-state index >= 15 is 0 Å². The van der Waals surface area contributed by atoms with Gasteiger partial charge in [-0.2, -0.15) is 4.31 Å². The quantitative estimate of drug-likeness (QED) is 0.815. The van der Waals surface area contributed by atoms with E-state index < -0.39 is 10.0 Å². The molecule has 2 saturated heterocycles. The number of hydrogen-bond acceptors (Lipinski definition) is 5. The summed E-state index contributed by atoms with van der Waals surface area (Å²) >= 11 is 1.22. The van der Waals surface area contributed by atoms with E-state index in [0.717, 1.165) is 37.2 Å². The van der Waals surface area contributed by atoms with Crippen LogP contribution in [0.25, 0.3) is 0 Å². The summed E-state index contributed by atoms with van der Waals surface area (Å²) in [6, 6.07) is 3.60. The molecule has 0 bridgehead atoms. The van der Waals surface area contributed by atoms with Crippen LogP contribution in [0.5, 0.6) is 0 Å². The van der Waals surface area contributed by atoms with E-state index in [1.807, 2.05) is 0 Å². The third-order valence-corrected chi connectivity index (χ3v) is 8.21. The minimum Gasteiger partial charge on any atom is -0.353 e. The summed E-state index contributed by atoms with van der Waals surface area (Å²) in [7, 11) is -3.38. The molecule has 2 atom stereocenters. The molecule has 0 radical (unpaired) electrons. The molecule has 2 fully saturated rings. The zero-order valence-corrected chi connectivity index (χ0v) is 15.6. The Kier molecular flexibility index (Phi) is 5.59. The lowest BCUT2D eigenvalue weighted by atomic mass is 9.95. The van der Waals surface area contributed by atoms with Crippen molar-refractivity contribution in [3.05, 3.63) is 17.0 Å². The van der Waals surface area contributed by atoms with Gasteiger partial charge in [-0.25, -0.2) is 8.42 Å². The second kappa shape index (κ2) is 7.51. The third kappa shape index (κ3) is 3.99. The lowest BCUT2D eigenvalue weighted by Crippen LogP contribution is -2.48. The minimum atomic E-state index is -3.38. The number of carbonyl (C=O) groups is 1. The highest BCUT2D eigenvalue weighted by molar-refractivity contribution is 7.91. The maximum absolute atomic E-state index is 12.5. The van der Waals surface area contributed by atoms with E-state index in [1.54, 1.807) is 16.4 Å². The normalized spacial score (nSPS) is 25.7. The van der Waals surface area contributed by atoms with Gasteiger partial charge in [-0.15, -0.1) is 11.3 Å². The summed E-state index contributed by atoms with van der Waals surface area (Å²) < 4.78 is 26.9. The van der Waals surface area contributed by atoms with Crippen LogP contribution in [0.3, 0.4) is 0 Å². The molecule has 6 nitrogen and oxygen atoms in total. The molecule has 2 aliphatic heterocycles. The van der Waals surface area contributed by atoms with Crippen LogP contribution < -0.4 is 10.6 Å². The number of hydrogen-bond donors (Lipinski definition) is 2. The van der Waals surface area contributed by atoms with Crippen LogP contribution in [-0.4, -0.2) is 50.9 Å². The molecular formula is C16H25N3O3S2. The number of thiophene rings is 1. The zero-order valence-electron chi connectivity index (χ0n) is 14.0. The fraction of sp³-hybridized carbons (Fsp3) is 0.688. The molecule has 24 heavy (non-hydrogen) atoms. The van der Waals surface area contributed by atoms with Crippen LogP contribution in [0, 0.1) is 5.92 Å². The molecule has 8 heteroatoms. The highest BCUT2D eigenvalue weighted by Gasteiger charge is 2.29. The second-order valence-corrected chi connectivity index (χ2v) is 9.99. The molecule has 3 rings (SSSR count). The molecular weight excluding hydrogens is 346 g/mol. The summed E-state index contributed by atoms with van der Waals surface area (Å²) in [4.78, 5) is 13.1. The Balaban J connectivity index is 1.60. The van der Waals surface area contributed by atoms with Gasteiger partial charge in [0.2, 0.25) is 5.91 Å². The highest BCUT2D eigenvalue weighted by atomic mass is 32.2. The number of carbonyl (C=O) groups excluding carboxylic acids is 1. The molecule has 2 aliphatic rings. The molecule has 2 unspecified atom stereocenters. The lowest BCUT2D eigenvalue weighted by Gasteiger charge is -2.30. The van der Waals surface area contributed by atoms with Gasteiger partial charge in [-0.1, -0.05) is 6.92 Å². The maximum atomic E-state index is 12.5. The predicted molar refractivity (Wildman–Crippen MR) is 94.6 cm³/mol. The molecule has 0 spiro atoms. The van der Waals surface area contributed by atoms with Crippen molar-refractivity contribution in [3.8, 4) is 0 Å². The Hall–Kier alpha value is -0.960. The predicted octanol–water partition coefficient (Wildman–Crippen LogP) is 1.19. The van der Waals surface area contributed by atoms with Crippen molar-refractivity contribution in [3.63, 3.8) is 0 Å². The van der Waals surface area contributed by atoms with Crippen molar-refractivity contribution in [2.45, 2.75) is 42.9 Å². The van der Waals surface area contributed by atoms with Crippen LogP contribution in [0.4, 0.5) is 0 Å². The fourth-order valence-corrected chi connectivity index (χ4v) is 6.32. The van der Waals surface area contributed by atoms with Gasteiger partial charge < -0.3 is 10.6 Å². The van der Waals surface area contributed by atoms with Crippen molar-refractivity contribution in [2.75, 3.05) is 26.2 Å². The van der Waals surface area contributed by atoms with Gasteiger partial charge in [0.05, 0.1) is 6.42 Å². The molecule has 0 aliphatic carbocycles. The number of sulfonamides is 1. The standard InChI is InChI=1S/C16H25N3O3S2/c1-12-11-17-7-6-14(12)18-15(20)10-13-4-5-16(23-13)24(21,22)19-8-2-3-9-19/h4-5,12,14,17H,2-3,6-11H2,1H3,(H,18,20). The van der Waals surface area contributed by atoms with Crippen molar-refractivity contribution in [1.82, 2.24) is 14.9 Å². The smallest absolute Gasteiger partial charge is 0.252 e. The first-order chi connectivity index (χ1) is 11.5. The van der Waals surface area contributed by atoms with Gasteiger partial charge in [0.15, 0.2) is 0 Å². The summed E-state index contributed by atoms with van der Waals surface area (Å²) in [5, 5.41) is 6.40. The molecule has 3 heterocycles. The molecule has 1 aromatic rings. The largest absolute Gasteiger partial charge is 0.353 e. The molecule has 2 N–H and O–H groups in total. The Morgan fingerprint density at radius 1 is 1.38 bits per heavy atom. The summed E-state index contributed by atoms with van der Waals surface area (Å²) in [5.41, 5.74) is 0. The first-order valence-corrected chi connectivity index (χ1v) is 10.8. The van der Waals surface area contributed by atoms with Crippen LogP contribution >= 0.6 is 11.3 Å². The molecule has 0 aromatic carbocycles. The van der Waals surface area contributed by atoms with Gasteiger partial charge in [0.1, 0.15) is 4.21 Å². The number of rotatable bonds is 5. The highest BCUT2D eigenvalue weighted by Crippen LogP contribution is 2.27. The zero-order chi connectivity index (χ0) is 17.2. The minimum absolute atomic E-state index is 0.0271. The second-order valence-electron chi connectivity index (χ2n) is 6.65. The Bertz CT molecular complexity index is 680. The van der Waals surface area contributed by atoms with Crippen LogP contribution in [-0.2, 0) is 21.2 Å². The van der Waals surface area contributed by atoms with Crippen molar-refractivity contribution < 1.29 is 13.2 Å². The Morgan fingerprint density at radius 3 is 2.83 bits per heavy atom. The van der Waals surface area contributed by atoms with Crippen molar-refractivity contribution in [1.29, 1.82) is 0 Å². The van der Waals surface area contributed by atoms with Gasteiger partial charge >= 0.3 is 0 Å². The van der Waals surface area contributed by atoms with Crippen molar-refractivity contribution in [2.24, 2.45) is 5.92 Å². The van der Waals surface area contributed by atoms with E-state index in [2.05, 4.69) is 17.6 Å². The van der Waals surface area contributed by atoms with Gasteiger partial charge in [0, 0.05) is 24.0 Å². The monoisotopic (exact) mass is 371 g/mol. The van der Waals surface area contributed by atoms with Crippen molar-refractivity contribution >= 4 is 27.3 Å². The first kappa shape index (κ1) is 17.8. The Labute approximate surface area is 147 Å². The fourth-order valence-electron chi connectivity index (χ4n) is 3.29. The maximum Gasteiger partial charge on any atom is 0.252 e. The molecule has 0 saturated carbocycles. The molecule has 1 aromatic heterocycles. The van der Waals surface area contributed by atoms with Crippen LogP contribution in [0.15, 0.2) is 16.3 Å². The van der Waals surface area contributed by atoms with E-state index in [-0.39, 0.29) is 18.4 Å². The number of nitrogens with zero attached hydrogens (tertiary/aromatic N) is 1. The average Bonchev–Trinajstić information content (AvgIpc) is 3.21. The SMILES string of the molecule is CC1CNCCC1NC(=O)Cc1ccc(S(=O)(=O)N2CCCC2)s1. The van der Waals surface area contributed by atoms with Crippen LogP contribution in [0.2, 0.25) is 0 Å². The summed E-state index contributed by atoms with van der Waals surface area (Å²) in [5.74, 6) is 0.387. The first-order valence-electron chi connectivity index (χ1n) is 8.56. The van der Waals surface area contributed by atoms with E-state index in [1.165, 1.54) is 11.3 Å². The molecule has 1 amide bonds. The van der Waals surface area contributed by atoms with E-state index in [4.69, 9.17) is 0 Å². The number of piperidine rings is 1. The topological polar surface area (TPSA) is 78.5 Å². The summed E-state index contributed by atoms with van der Waals surface area (Å²) in [6.45, 7) is 5.17. The van der Waals surface area contributed by atoms with E-state index in [9.17, 15) is 13.2 Å². The van der Waals surface area contributed by atoms with Gasteiger partial charge in [0.25, 0.3) is 10.0 Å².